The van der Waals surface area contributed by atoms with Gasteiger partial charge in [0.1, 0.15) is 17.2 Å². The van der Waals surface area contributed by atoms with E-state index < -0.39 is 0 Å². The van der Waals surface area contributed by atoms with Gasteiger partial charge in [-0.2, -0.15) is 0 Å². The van der Waals surface area contributed by atoms with Gasteiger partial charge in [-0.3, -0.25) is 4.79 Å². The number of methoxy groups -OCH3 is 3. The van der Waals surface area contributed by atoms with Crippen molar-refractivity contribution < 1.29 is 19.0 Å². The first kappa shape index (κ1) is 20.4. The number of carbonyl (C=O) groups is 1. The third-order valence-corrected chi connectivity index (χ3v) is 5.16. The molecule has 0 aliphatic carbocycles. The van der Waals surface area contributed by atoms with E-state index in [-0.39, 0.29) is 5.91 Å². The molecule has 2 N–H and O–H groups in total. The third-order valence-electron chi connectivity index (χ3n) is 5.16. The molecule has 1 aliphatic rings. The van der Waals surface area contributed by atoms with Crippen molar-refractivity contribution in [2.24, 2.45) is 11.8 Å². The van der Waals surface area contributed by atoms with Crippen LogP contribution < -0.4 is 24.8 Å². The summed E-state index contributed by atoms with van der Waals surface area (Å²) in [4.78, 5) is 12.3. The Kier molecular flexibility index (Phi) is 8.04. The van der Waals surface area contributed by atoms with E-state index in [4.69, 9.17) is 14.2 Å². The molecule has 0 saturated carbocycles. The normalized spacial score (nSPS) is 18.1. The highest BCUT2D eigenvalue weighted by Crippen LogP contribution is 2.34. The van der Waals surface area contributed by atoms with Gasteiger partial charge in [-0.15, -0.1) is 0 Å². The summed E-state index contributed by atoms with van der Waals surface area (Å²) < 4.78 is 16.2. The van der Waals surface area contributed by atoms with Crippen LogP contribution in [0.2, 0.25) is 0 Å². The second-order valence-corrected chi connectivity index (χ2v) is 6.90. The summed E-state index contributed by atoms with van der Waals surface area (Å²) in [5, 5.41) is 6.45. The Morgan fingerprint density at radius 3 is 2.46 bits per heavy atom. The van der Waals surface area contributed by atoms with Gasteiger partial charge in [0.25, 0.3) is 0 Å². The fourth-order valence-electron chi connectivity index (χ4n) is 3.55. The Bertz CT molecular complexity index is 560. The van der Waals surface area contributed by atoms with Crippen LogP contribution in [0.15, 0.2) is 12.1 Å². The van der Waals surface area contributed by atoms with Crippen LogP contribution in [0.25, 0.3) is 0 Å². The quantitative estimate of drug-likeness (QED) is 0.704. The molecule has 1 amide bonds. The molecule has 6 nitrogen and oxygen atoms in total. The Morgan fingerprint density at radius 1 is 1.23 bits per heavy atom. The molecular formula is C20H32N2O4. The van der Waals surface area contributed by atoms with Crippen molar-refractivity contribution in [1.82, 2.24) is 10.6 Å². The molecule has 0 radical (unpaired) electrons. The van der Waals surface area contributed by atoms with Gasteiger partial charge in [-0.05, 0) is 44.2 Å². The zero-order chi connectivity index (χ0) is 18.9. The number of ether oxygens (including phenoxy) is 3. The standard InChI is InChI=1S/C20H32N2O4/c1-14(15-6-5-8-21-13-15)10-20(23)22-9-7-17-18(25-3)11-16(24-2)12-19(17)26-4/h11-12,14-15,21H,5-10,13H2,1-4H3,(H,22,23). The predicted octanol–water partition coefficient (Wildman–Crippen LogP) is 2.40. The first-order valence-corrected chi connectivity index (χ1v) is 9.35. The van der Waals surface area contributed by atoms with Gasteiger partial charge in [0.05, 0.1) is 21.3 Å². The van der Waals surface area contributed by atoms with E-state index in [0.717, 1.165) is 18.7 Å². The van der Waals surface area contributed by atoms with Crippen LogP contribution in [0.4, 0.5) is 0 Å². The maximum atomic E-state index is 12.3. The van der Waals surface area contributed by atoms with E-state index in [1.54, 1.807) is 21.3 Å². The van der Waals surface area contributed by atoms with Crippen LogP contribution in [-0.4, -0.2) is 46.9 Å². The van der Waals surface area contributed by atoms with Crippen LogP contribution in [0, 0.1) is 11.8 Å². The molecule has 26 heavy (non-hydrogen) atoms. The second kappa shape index (κ2) is 10.3. The highest BCUT2D eigenvalue weighted by molar-refractivity contribution is 5.76. The van der Waals surface area contributed by atoms with Crippen molar-refractivity contribution in [3.63, 3.8) is 0 Å². The molecule has 0 spiro atoms. The highest BCUT2D eigenvalue weighted by Gasteiger charge is 2.22. The molecule has 1 fully saturated rings. The van der Waals surface area contributed by atoms with Gasteiger partial charge >= 0.3 is 0 Å². The number of rotatable bonds is 9. The first-order chi connectivity index (χ1) is 12.6. The van der Waals surface area contributed by atoms with Gasteiger partial charge < -0.3 is 24.8 Å². The van der Waals surface area contributed by atoms with Gasteiger partial charge in [0, 0.05) is 30.7 Å². The molecule has 6 heteroatoms. The number of piperidine rings is 1. The molecule has 2 atom stereocenters. The highest BCUT2D eigenvalue weighted by atomic mass is 16.5. The smallest absolute Gasteiger partial charge is 0.220 e. The zero-order valence-electron chi connectivity index (χ0n) is 16.4. The summed E-state index contributed by atoms with van der Waals surface area (Å²) in [5.74, 6) is 3.19. The van der Waals surface area contributed by atoms with Crippen molar-refractivity contribution in [3.8, 4) is 17.2 Å². The lowest BCUT2D eigenvalue weighted by Crippen LogP contribution is -2.36. The third kappa shape index (κ3) is 5.53. The number of amides is 1. The summed E-state index contributed by atoms with van der Waals surface area (Å²) in [6.07, 6.45) is 3.63. The lowest BCUT2D eigenvalue weighted by atomic mass is 9.85. The van der Waals surface area contributed by atoms with Gasteiger partial charge in [-0.1, -0.05) is 6.92 Å². The van der Waals surface area contributed by atoms with E-state index >= 15 is 0 Å². The van der Waals surface area contributed by atoms with Gasteiger partial charge in [0.2, 0.25) is 5.91 Å². The number of hydrogen-bond donors (Lipinski definition) is 2. The number of benzene rings is 1. The van der Waals surface area contributed by atoms with Crippen LogP contribution in [-0.2, 0) is 11.2 Å². The van der Waals surface area contributed by atoms with Crippen LogP contribution in [0.1, 0.15) is 31.7 Å². The Balaban J connectivity index is 1.87. The topological polar surface area (TPSA) is 68.8 Å². The second-order valence-electron chi connectivity index (χ2n) is 6.90. The monoisotopic (exact) mass is 364 g/mol. The summed E-state index contributed by atoms with van der Waals surface area (Å²) in [5.41, 5.74) is 0.931. The molecule has 1 heterocycles. The van der Waals surface area contributed by atoms with Crippen molar-refractivity contribution in [2.75, 3.05) is 41.0 Å². The molecule has 1 aliphatic heterocycles. The maximum absolute atomic E-state index is 12.3. The number of carbonyl (C=O) groups excluding carboxylic acids is 1. The first-order valence-electron chi connectivity index (χ1n) is 9.35. The minimum atomic E-state index is 0.106. The Hall–Kier alpha value is -1.95. The van der Waals surface area contributed by atoms with Gasteiger partial charge in [0.15, 0.2) is 0 Å². The minimum Gasteiger partial charge on any atom is -0.496 e. The van der Waals surface area contributed by atoms with E-state index in [1.165, 1.54) is 12.8 Å². The van der Waals surface area contributed by atoms with Crippen molar-refractivity contribution in [2.45, 2.75) is 32.6 Å². The fraction of sp³-hybridized carbons (Fsp3) is 0.650. The summed E-state index contributed by atoms with van der Waals surface area (Å²) in [6, 6.07) is 3.66. The summed E-state index contributed by atoms with van der Waals surface area (Å²) in [7, 11) is 4.85. The molecule has 2 unspecified atom stereocenters. The van der Waals surface area contributed by atoms with Crippen LogP contribution in [0.5, 0.6) is 17.2 Å². The van der Waals surface area contributed by atoms with Crippen molar-refractivity contribution in [1.29, 1.82) is 0 Å². The van der Waals surface area contributed by atoms with E-state index in [0.29, 0.717) is 48.5 Å². The molecule has 1 aromatic carbocycles. The number of hydrogen-bond acceptors (Lipinski definition) is 5. The van der Waals surface area contributed by atoms with Gasteiger partial charge in [-0.25, -0.2) is 0 Å². The molecule has 0 bridgehead atoms. The van der Waals surface area contributed by atoms with E-state index in [9.17, 15) is 4.79 Å². The van der Waals surface area contributed by atoms with E-state index in [1.807, 2.05) is 12.1 Å². The molecule has 0 aromatic heterocycles. The number of nitrogens with one attached hydrogen (secondary N) is 2. The maximum Gasteiger partial charge on any atom is 0.220 e. The minimum absolute atomic E-state index is 0.106. The summed E-state index contributed by atoms with van der Waals surface area (Å²) >= 11 is 0. The lowest BCUT2D eigenvalue weighted by molar-refractivity contribution is -0.122. The molecule has 1 saturated heterocycles. The van der Waals surface area contributed by atoms with Crippen LogP contribution in [0.3, 0.4) is 0 Å². The Labute approximate surface area is 156 Å². The SMILES string of the molecule is COc1cc(OC)c(CCNC(=O)CC(C)C2CCCNC2)c(OC)c1. The lowest BCUT2D eigenvalue weighted by Gasteiger charge is -2.28. The Morgan fingerprint density at radius 2 is 1.92 bits per heavy atom. The molecule has 2 rings (SSSR count). The molecule has 1 aromatic rings. The predicted molar refractivity (Wildman–Crippen MR) is 102 cm³/mol. The van der Waals surface area contributed by atoms with Crippen molar-refractivity contribution in [3.05, 3.63) is 17.7 Å². The largest absolute Gasteiger partial charge is 0.496 e. The zero-order valence-corrected chi connectivity index (χ0v) is 16.4. The van der Waals surface area contributed by atoms with E-state index in [2.05, 4.69) is 17.6 Å². The van der Waals surface area contributed by atoms with Crippen LogP contribution >= 0.6 is 0 Å². The average Bonchev–Trinajstić information content (AvgIpc) is 2.68. The van der Waals surface area contributed by atoms with Crippen molar-refractivity contribution >= 4 is 5.91 Å². The summed E-state index contributed by atoms with van der Waals surface area (Å²) in [6.45, 7) is 4.84. The fourth-order valence-corrected chi connectivity index (χ4v) is 3.55. The molecular weight excluding hydrogens is 332 g/mol. The molecule has 146 valence electrons. The average molecular weight is 364 g/mol.